The quantitative estimate of drug-likeness (QED) is 0.829. The van der Waals surface area contributed by atoms with Gasteiger partial charge < -0.3 is 10.1 Å². The fraction of sp³-hybridized carbons (Fsp3) is 0.188. The number of nitrogens with zero attached hydrogens (tertiary/aromatic N) is 1. The van der Waals surface area contributed by atoms with Gasteiger partial charge in [-0.05, 0) is 36.4 Å². The number of halogens is 2. The van der Waals surface area contributed by atoms with E-state index in [9.17, 15) is 13.2 Å². The molecular weight excluding hydrogens is 387 g/mol. The van der Waals surface area contributed by atoms with Gasteiger partial charge in [0.05, 0.1) is 28.3 Å². The summed E-state index contributed by atoms with van der Waals surface area (Å²) in [4.78, 5) is 12.5. The van der Waals surface area contributed by atoms with Gasteiger partial charge in [-0.25, -0.2) is 12.7 Å². The third-order valence-electron chi connectivity index (χ3n) is 3.37. The van der Waals surface area contributed by atoms with Gasteiger partial charge in [0.2, 0.25) is 10.0 Å². The van der Waals surface area contributed by atoms with Crippen LogP contribution in [0, 0.1) is 0 Å². The summed E-state index contributed by atoms with van der Waals surface area (Å²) in [6.45, 7) is 0. The molecule has 9 heteroatoms. The number of nitrogens with one attached hydrogen (secondary N) is 1. The molecular formula is C16H16Cl2N2O4S. The lowest BCUT2D eigenvalue weighted by Gasteiger charge is -2.15. The minimum atomic E-state index is -3.66. The summed E-state index contributed by atoms with van der Waals surface area (Å²) in [6, 6.07) is 8.66. The van der Waals surface area contributed by atoms with Gasteiger partial charge in [-0.1, -0.05) is 23.2 Å². The third-order valence-corrected chi connectivity index (χ3v) is 5.73. The molecule has 0 spiro atoms. The van der Waals surface area contributed by atoms with Crippen LogP contribution in [0.4, 0.5) is 5.69 Å². The fourth-order valence-electron chi connectivity index (χ4n) is 2.02. The predicted molar refractivity (Wildman–Crippen MR) is 98.3 cm³/mol. The van der Waals surface area contributed by atoms with Crippen molar-refractivity contribution in [2.75, 3.05) is 26.5 Å². The molecule has 0 atom stereocenters. The zero-order valence-corrected chi connectivity index (χ0v) is 16.0. The largest absolute Gasteiger partial charge is 0.495 e. The number of carbonyl (C=O) groups excluding carboxylic acids is 1. The zero-order chi connectivity index (χ0) is 18.8. The number of rotatable bonds is 5. The molecule has 25 heavy (non-hydrogen) atoms. The Bertz CT molecular complexity index is 914. The van der Waals surface area contributed by atoms with Gasteiger partial charge in [-0.2, -0.15) is 0 Å². The number of methoxy groups -OCH3 is 1. The fourth-order valence-corrected chi connectivity index (χ4v) is 3.44. The topological polar surface area (TPSA) is 75.7 Å². The van der Waals surface area contributed by atoms with Gasteiger partial charge in [0.1, 0.15) is 5.75 Å². The van der Waals surface area contributed by atoms with E-state index in [1.54, 1.807) is 0 Å². The van der Waals surface area contributed by atoms with Gasteiger partial charge in [-0.15, -0.1) is 0 Å². The maximum Gasteiger partial charge on any atom is 0.257 e. The first-order chi connectivity index (χ1) is 11.7. The summed E-state index contributed by atoms with van der Waals surface area (Å²) >= 11 is 11.9. The number of carbonyl (C=O) groups is 1. The number of hydrogen-bond donors (Lipinski definition) is 1. The molecule has 0 saturated heterocycles. The molecule has 2 aromatic carbocycles. The number of anilines is 1. The molecule has 0 aliphatic heterocycles. The lowest BCUT2D eigenvalue weighted by Crippen LogP contribution is -2.22. The van der Waals surface area contributed by atoms with E-state index in [1.807, 2.05) is 0 Å². The monoisotopic (exact) mass is 402 g/mol. The Balaban J connectivity index is 2.42. The van der Waals surface area contributed by atoms with Crippen LogP contribution < -0.4 is 10.1 Å². The lowest BCUT2D eigenvalue weighted by molar-refractivity contribution is 0.102. The number of ether oxygens (including phenoxy) is 1. The van der Waals surface area contributed by atoms with E-state index in [0.29, 0.717) is 10.8 Å². The first-order valence-corrected chi connectivity index (χ1v) is 9.23. The van der Waals surface area contributed by atoms with Crippen molar-refractivity contribution in [2.24, 2.45) is 0 Å². The van der Waals surface area contributed by atoms with Gasteiger partial charge >= 0.3 is 0 Å². The second kappa shape index (κ2) is 7.61. The van der Waals surface area contributed by atoms with Crippen molar-refractivity contribution >= 4 is 44.8 Å². The molecule has 0 aromatic heterocycles. The van der Waals surface area contributed by atoms with Gasteiger partial charge in [0, 0.05) is 19.1 Å². The van der Waals surface area contributed by atoms with E-state index in [2.05, 4.69) is 5.32 Å². The highest BCUT2D eigenvalue weighted by atomic mass is 35.5. The highest BCUT2D eigenvalue weighted by molar-refractivity contribution is 7.89. The Kier molecular flexibility index (Phi) is 5.95. The molecule has 2 aromatic rings. The summed E-state index contributed by atoms with van der Waals surface area (Å²) in [7, 11) is 0.605. The van der Waals surface area contributed by atoms with E-state index in [-0.39, 0.29) is 21.2 Å². The molecule has 0 bridgehead atoms. The molecule has 1 N–H and O–H groups in total. The van der Waals surface area contributed by atoms with Crippen LogP contribution in [-0.2, 0) is 10.0 Å². The van der Waals surface area contributed by atoms with Crippen molar-refractivity contribution < 1.29 is 17.9 Å². The normalized spacial score (nSPS) is 11.4. The summed E-state index contributed by atoms with van der Waals surface area (Å²) in [5.41, 5.74) is 0.412. The predicted octanol–water partition coefficient (Wildman–Crippen LogP) is 3.50. The van der Waals surface area contributed by atoms with Crippen molar-refractivity contribution in [1.29, 1.82) is 0 Å². The molecule has 0 fully saturated rings. The molecule has 1 amide bonds. The van der Waals surface area contributed by atoms with Crippen LogP contribution in [0.25, 0.3) is 0 Å². The molecule has 0 aliphatic rings. The zero-order valence-electron chi connectivity index (χ0n) is 13.7. The lowest BCUT2D eigenvalue weighted by atomic mass is 10.2. The Labute approximate surface area is 156 Å². The van der Waals surface area contributed by atoms with E-state index in [0.717, 1.165) is 4.31 Å². The maximum atomic E-state index is 12.5. The number of amides is 1. The summed E-state index contributed by atoms with van der Waals surface area (Å²) in [6.07, 6.45) is 0. The van der Waals surface area contributed by atoms with Crippen molar-refractivity contribution in [1.82, 2.24) is 4.31 Å². The van der Waals surface area contributed by atoms with E-state index in [4.69, 9.17) is 27.9 Å². The van der Waals surface area contributed by atoms with Crippen molar-refractivity contribution in [2.45, 2.75) is 4.90 Å². The summed E-state index contributed by atoms with van der Waals surface area (Å²) in [5.74, 6) is -0.199. The van der Waals surface area contributed by atoms with E-state index < -0.39 is 15.9 Å². The first kappa shape index (κ1) is 19.5. The van der Waals surface area contributed by atoms with Gasteiger partial charge in [0.25, 0.3) is 5.91 Å². The molecule has 134 valence electrons. The molecule has 0 radical (unpaired) electrons. The molecule has 0 saturated carbocycles. The van der Waals surface area contributed by atoms with E-state index >= 15 is 0 Å². The average molecular weight is 403 g/mol. The molecule has 0 aliphatic carbocycles. The number of hydrogen-bond acceptors (Lipinski definition) is 4. The summed E-state index contributed by atoms with van der Waals surface area (Å²) < 4.78 is 30.8. The Hall–Kier alpha value is -1.80. The highest BCUT2D eigenvalue weighted by Gasteiger charge is 2.20. The van der Waals surface area contributed by atoms with Crippen LogP contribution in [0.3, 0.4) is 0 Å². The minimum Gasteiger partial charge on any atom is -0.495 e. The van der Waals surface area contributed by atoms with Crippen LogP contribution >= 0.6 is 23.2 Å². The highest BCUT2D eigenvalue weighted by Crippen LogP contribution is 2.30. The van der Waals surface area contributed by atoms with Crippen LogP contribution in [0.2, 0.25) is 10.0 Å². The van der Waals surface area contributed by atoms with Crippen molar-refractivity contribution in [3.8, 4) is 5.75 Å². The van der Waals surface area contributed by atoms with Crippen LogP contribution in [-0.4, -0.2) is 39.8 Å². The standard InChI is InChI=1S/C16H16Cl2N2O4S/c1-20(2)25(22,23)11-5-7-15(24-3)14(9-11)19-16(21)12-6-4-10(17)8-13(12)18/h4-9H,1-3H3,(H,19,21). The van der Waals surface area contributed by atoms with Crippen molar-refractivity contribution in [3.05, 3.63) is 52.0 Å². The average Bonchev–Trinajstić information content (AvgIpc) is 2.54. The maximum absolute atomic E-state index is 12.5. The summed E-state index contributed by atoms with van der Waals surface area (Å²) in [5, 5.41) is 3.20. The Morgan fingerprint density at radius 1 is 1.12 bits per heavy atom. The van der Waals surface area contributed by atoms with Crippen LogP contribution in [0.5, 0.6) is 5.75 Å². The minimum absolute atomic E-state index is 0.0239. The van der Waals surface area contributed by atoms with Crippen molar-refractivity contribution in [3.63, 3.8) is 0 Å². The smallest absolute Gasteiger partial charge is 0.257 e. The number of benzene rings is 2. The Morgan fingerprint density at radius 3 is 2.36 bits per heavy atom. The first-order valence-electron chi connectivity index (χ1n) is 7.03. The van der Waals surface area contributed by atoms with Crippen LogP contribution in [0.15, 0.2) is 41.3 Å². The molecule has 2 rings (SSSR count). The van der Waals surface area contributed by atoms with Gasteiger partial charge in [-0.3, -0.25) is 4.79 Å². The molecule has 0 unspecified atom stereocenters. The molecule has 0 heterocycles. The Morgan fingerprint density at radius 2 is 1.80 bits per heavy atom. The van der Waals surface area contributed by atoms with E-state index in [1.165, 1.54) is 57.6 Å². The third kappa shape index (κ3) is 4.24. The second-order valence-corrected chi connectivity index (χ2v) is 8.22. The SMILES string of the molecule is COc1ccc(S(=O)(=O)N(C)C)cc1NC(=O)c1ccc(Cl)cc1Cl. The molecule has 6 nitrogen and oxygen atoms in total. The second-order valence-electron chi connectivity index (χ2n) is 5.23. The van der Waals surface area contributed by atoms with Gasteiger partial charge in [0.15, 0.2) is 0 Å². The van der Waals surface area contributed by atoms with Crippen LogP contribution in [0.1, 0.15) is 10.4 Å². The number of sulfonamides is 1.